The smallest absolute Gasteiger partial charge is 0.119 e. The first-order valence-corrected chi connectivity index (χ1v) is 5.26. The number of hydrogen-bond donors (Lipinski definition) is 3. The molecule has 0 spiro atoms. The van der Waals surface area contributed by atoms with E-state index in [0.29, 0.717) is 5.56 Å². The second kappa shape index (κ2) is 3.14. The van der Waals surface area contributed by atoms with E-state index in [1.165, 1.54) is 0 Å². The molecule has 0 aromatic heterocycles. The summed E-state index contributed by atoms with van der Waals surface area (Å²) in [7, 11) is 0. The van der Waals surface area contributed by atoms with E-state index in [1.807, 2.05) is 6.92 Å². The second-order valence-electron chi connectivity index (χ2n) is 4.60. The van der Waals surface area contributed by atoms with Gasteiger partial charge in [0.05, 0.1) is 0 Å². The number of phenolic OH excluding ortho intramolecular Hbond substituents is 2. The van der Waals surface area contributed by atoms with Gasteiger partial charge < -0.3 is 15.9 Å². The van der Waals surface area contributed by atoms with Gasteiger partial charge in [-0.25, -0.2) is 0 Å². The van der Waals surface area contributed by atoms with Crippen LogP contribution >= 0.6 is 0 Å². The molecule has 15 heavy (non-hydrogen) atoms. The summed E-state index contributed by atoms with van der Waals surface area (Å²) in [5.74, 6) is 0.481. The van der Waals surface area contributed by atoms with E-state index >= 15 is 0 Å². The average Bonchev–Trinajstić information content (AvgIpc) is 2.92. The van der Waals surface area contributed by atoms with E-state index in [4.69, 9.17) is 5.73 Å². The zero-order valence-corrected chi connectivity index (χ0v) is 9.12. The molecule has 1 aliphatic rings. The van der Waals surface area contributed by atoms with Crippen molar-refractivity contribution in [2.45, 2.75) is 38.1 Å². The summed E-state index contributed by atoms with van der Waals surface area (Å²) >= 11 is 0. The maximum Gasteiger partial charge on any atom is 0.119 e. The van der Waals surface area contributed by atoms with Crippen LogP contribution in [0, 0.1) is 6.92 Å². The molecule has 1 aromatic carbocycles. The maximum absolute atomic E-state index is 9.87. The summed E-state index contributed by atoms with van der Waals surface area (Å²) in [6.45, 7) is 3.72. The number of nitrogens with two attached hydrogens (primary N) is 1. The number of rotatable bonds is 2. The van der Waals surface area contributed by atoms with Crippen LogP contribution in [0.2, 0.25) is 0 Å². The Hall–Kier alpha value is -1.22. The normalized spacial score (nSPS) is 19.9. The Balaban J connectivity index is 2.49. The lowest BCUT2D eigenvalue weighted by Crippen LogP contribution is -2.31. The minimum absolute atomic E-state index is 0.00510. The first-order valence-electron chi connectivity index (χ1n) is 5.26. The molecule has 0 heterocycles. The quantitative estimate of drug-likeness (QED) is 0.648. The molecule has 3 heteroatoms. The fraction of sp³-hybridized carbons (Fsp3) is 0.500. The molecule has 1 fully saturated rings. The molecular formula is C12H17NO2. The summed E-state index contributed by atoms with van der Waals surface area (Å²) < 4.78 is 0. The fourth-order valence-corrected chi connectivity index (χ4v) is 2.18. The molecule has 1 aromatic rings. The summed E-state index contributed by atoms with van der Waals surface area (Å²) in [5.41, 5.74) is 7.30. The van der Waals surface area contributed by atoms with Crippen molar-refractivity contribution in [3.63, 3.8) is 0 Å². The molecule has 3 nitrogen and oxygen atoms in total. The minimum Gasteiger partial charge on any atom is -0.508 e. The van der Waals surface area contributed by atoms with Gasteiger partial charge in [-0.2, -0.15) is 0 Å². The van der Waals surface area contributed by atoms with Crippen LogP contribution in [-0.2, 0) is 5.41 Å². The lowest BCUT2D eigenvalue weighted by atomic mass is 9.88. The molecule has 82 valence electrons. The monoisotopic (exact) mass is 207 g/mol. The Morgan fingerprint density at radius 2 is 1.87 bits per heavy atom. The highest BCUT2D eigenvalue weighted by molar-refractivity contribution is 5.51. The summed E-state index contributed by atoms with van der Waals surface area (Å²) in [5, 5.41) is 19.5. The molecular weight excluding hydrogens is 190 g/mol. The molecule has 0 radical (unpaired) electrons. The predicted octanol–water partition coefficient (Wildman–Crippen LogP) is 1.79. The van der Waals surface area contributed by atoms with Crippen LogP contribution in [0.1, 0.15) is 30.9 Å². The fourth-order valence-electron chi connectivity index (χ4n) is 2.18. The van der Waals surface area contributed by atoms with Crippen LogP contribution in [0.3, 0.4) is 0 Å². The zero-order chi connectivity index (χ0) is 11.2. The van der Waals surface area contributed by atoms with Gasteiger partial charge in [-0.3, -0.25) is 0 Å². The van der Waals surface area contributed by atoms with Crippen molar-refractivity contribution in [1.82, 2.24) is 0 Å². The molecule has 1 aliphatic carbocycles. The molecule has 0 aliphatic heterocycles. The molecule has 0 bridgehead atoms. The molecule has 4 N–H and O–H groups in total. The predicted molar refractivity (Wildman–Crippen MR) is 59.1 cm³/mol. The van der Waals surface area contributed by atoms with Gasteiger partial charge in [-0.1, -0.05) is 0 Å². The van der Waals surface area contributed by atoms with Gasteiger partial charge in [0.2, 0.25) is 0 Å². The van der Waals surface area contributed by atoms with Gasteiger partial charge in [-0.05, 0) is 44.4 Å². The summed E-state index contributed by atoms with van der Waals surface area (Å²) in [6.07, 6.45) is 1.97. The van der Waals surface area contributed by atoms with Gasteiger partial charge in [-0.15, -0.1) is 0 Å². The number of aromatic hydroxyl groups is 2. The third-order valence-electron chi connectivity index (χ3n) is 3.51. The van der Waals surface area contributed by atoms with Crippen molar-refractivity contribution in [2.24, 2.45) is 5.73 Å². The molecule has 2 rings (SSSR count). The molecule has 1 atom stereocenters. The first kappa shape index (κ1) is 10.3. The minimum atomic E-state index is -0.116. The first-order chi connectivity index (χ1) is 6.97. The standard InChI is InChI=1S/C12H17NO2/c1-7-5-11(15)9(6-10(7)14)12(3-4-12)8(2)13/h5-6,8,14-15H,3-4,13H2,1-2H3. The summed E-state index contributed by atoms with van der Waals surface area (Å²) in [6, 6.07) is 3.26. The Kier molecular flexibility index (Phi) is 2.15. The second-order valence-corrected chi connectivity index (χ2v) is 4.60. The van der Waals surface area contributed by atoms with Gasteiger partial charge >= 0.3 is 0 Å². The zero-order valence-electron chi connectivity index (χ0n) is 9.12. The highest BCUT2D eigenvalue weighted by Crippen LogP contribution is 2.53. The van der Waals surface area contributed by atoms with Crippen molar-refractivity contribution in [3.05, 3.63) is 23.3 Å². The van der Waals surface area contributed by atoms with E-state index in [9.17, 15) is 10.2 Å². The number of aryl methyl sites for hydroxylation is 1. The highest BCUT2D eigenvalue weighted by atomic mass is 16.3. The third kappa shape index (κ3) is 1.47. The van der Waals surface area contributed by atoms with Crippen LogP contribution in [-0.4, -0.2) is 16.3 Å². The van der Waals surface area contributed by atoms with E-state index < -0.39 is 0 Å². The van der Waals surface area contributed by atoms with Crippen LogP contribution < -0.4 is 5.73 Å². The Morgan fingerprint density at radius 1 is 1.27 bits per heavy atom. The Labute approximate surface area is 89.5 Å². The van der Waals surface area contributed by atoms with Crippen LogP contribution in [0.5, 0.6) is 11.5 Å². The summed E-state index contributed by atoms with van der Waals surface area (Å²) in [4.78, 5) is 0. The van der Waals surface area contributed by atoms with Gasteiger partial charge in [0.1, 0.15) is 11.5 Å². The number of phenols is 2. The highest BCUT2D eigenvalue weighted by Gasteiger charge is 2.49. The van der Waals surface area contributed by atoms with Gasteiger partial charge in [0.25, 0.3) is 0 Å². The van der Waals surface area contributed by atoms with Crippen LogP contribution in [0.25, 0.3) is 0 Å². The van der Waals surface area contributed by atoms with Crippen LogP contribution in [0.15, 0.2) is 12.1 Å². The lowest BCUT2D eigenvalue weighted by molar-refractivity contribution is 0.433. The largest absolute Gasteiger partial charge is 0.508 e. The van der Waals surface area contributed by atoms with Crippen molar-refractivity contribution < 1.29 is 10.2 Å². The molecule has 0 saturated heterocycles. The third-order valence-corrected chi connectivity index (χ3v) is 3.51. The Bertz CT molecular complexity index is 395. The lowest BCUT2D eigenvalue weighted by Gasteiger charge is -2.21. The van der Waals surface area contributed by atoms with Crippen molar-refractivity contribution in [2.75, 3.05) is 0 Å². The Morgan fingerprint density at radius 3 is 2.33 bits per heavy atom. The van der Waals surface area contributed by atoms with E-state index in [-0.39, 0.29) is 23.0 Å². The van der Waals surface area contributed by atoms with Gasteiger partial charge in [0.15, 0.2) is 0 Å². The van der Waals surface area contributed by atoms with E-state index in [2.05, 4.69) is 0 Å². The van der Waals surface area contributed by atoms with E-state index in [0.717, 1.165) is 18.4 Å². The SMILES string of the molecule is Cc1cc(O)c(C2(C(C)N)CC2)cc1O. The molecule has 1 unspecified atom stereocenters. The van der Waals surface area contributed by atoms with Gasteiger partial charge in [0, 0.05) is 17.0 Å². The maximum atomic E-state index is 9.87. The number of benzene rings is 1. The van der Waals surface area contributed by atoms with Crippen molar-refractivity contribution in [3.8, 4) is 11.5 Å². The average molecular weight is 207 g/mol. The molecule has 0 amide bonds. The topological polar surface area (TPSA) is 66.5 Å². The van der Waals surface area contributed by atoms with Crippen LogP contribution in [0.4, 0.5) is 0 Å². The van der Waals surface area contributed by atoms with Crippen molar-refractivity contribution in [1.29, 1.82) is 0 Å². The van der Waals surface area contributed by atoms with E-state index in [1.54, 1.807) is 19.1 Å². The van der Waals surface area contributed by atoms with Crippen molar-refractivity contribution >= 4 is 0 Å². The molecule has 1 saturated carbocycles. The number of hydrogen-bond acceptors (Lipinski definition) is 3.